The number of aromatic hydroxyl groups is 1. The quantitative estimate of drug-likeness (QED) is 0.387. The van der Waals surface area contributed by atoms with E-state index in [1.807, 2.05) is 66.7 Å². The minimum atomic E-state index is 0.00524. The molecule has 0 atom stereocenters. The molecule has 5 rings (SSSR count). The van der Waals surface area contributed by atoms with Crippen LogP contribution in [0.2, 0.25) is 0 Å². The molecule has 0 spiro atoms. The van der Waals surface area contributed by atoms with Gasteiger partial charge in [0.15, 0.2) is 5.78 Å². The SMILES string of the molecule is O=C1c2ccccc2-c2ccc(N=Nc3c(O)ccc4ccccc34)cc21. The van der Waals surface area contributed by atoms with E-state index in [4.69, 9.17) is 0 Å². The van der Waals surface area contributed by atoms with Crippen LogP contribution in [0.3, 0.4) is 0 Å². The number of hydrogen-bond acceptors (Lipinski definition) is 4. The van der Waals surface area contributed by atoms with Crippen LogP contribution in [0.5, 0.6) is 5.75 Å². The van der Waals surface area contributed by atoms with Crippen molar-refractivity contribution in [1.29, 1.82) is 0 Å². The van der Waals surface area contributed by atoms with Gasteiger partial charge in [-0.3, -0.25) is 4.79 Å². The van der Waals surface area contributed by atoms with E-state index in [1.54, 1.807) is 12.1 Å². The summed E-state index contributed by atoms with van der Waals surface area (Å²) in [5, 5.41) is 20.5. The summed E-state index contributed by atoms with van der Waals surface area (Å²) in [6.07, 6.45) is 0. The first kappa shape index (κ1) is 15.5. The van der Waals surface area contributed by atoms with Crippen LogP contribution >= 0.6 is 0 Å². The number of benzene rings is 4. The maximum atomic E-state index is 12.6. The molecule has 0 aliphatic heterocycles. The monoisotopic (exact) mass is 350 g/mol. The number of rotatable bonds is 2. The Morgan fingerprint density at radius 3 is 2.30 bits per heavy atom. The topological polar surface area (TPSA) is 62.0 Å². The van der Waals surface area contributed by atoms with Gasteiger partial charge in [0.2, 0.25) is 0 Å². The molecule has 1 aliphatic rings. The van der Waals surface area contributed by atoms with Crippen molar-refractivity contribution in [2.75, 3.05) is 0 Å². The minimum Gasteiger partial charge on any atom is -0.506 e. The van der Waals surface area contributed by atoms with Gasteiger partial charge < -0.3 is 5.11 Å². The van der Waals surface area contributed by atoms with Crippen molar-refractivity contribution in [1.82, 2.24) is 0 Å². The lowest BCUT2D eigenvalue weighted by Gasteiger charge is -2.04. The van der Waals surface area contributed by atoms with Crippen LogP contribution in [-0.4, -0.2) is 10.9 Å². The third-order valence-electron chi connectivity index (χ3n) is 4.85. The van der Waals surface area contributed by atoms with Crippen molar-refractivity contribution in [3.8, 4) is 16.9 Å². The van der Waals surface area contributed by atoms with Crippen LogP contribution in [0, 0.1) is 0 Å². The van der Waals surface area contributed by atoms with Gasteiger partial charge >= 0.3 is 0 Å². The maximum absolute atomic E-state index is 12.6. The first-order valence-corrected chi connectivity index (χ1v) is 8.63. The maximum Gasteiger partial charge on any atom is 0.194 e. The van der Waals surface area contributed by atoms with Crippen molar-refractivity contribution in [3.63, 3.8) is 0 Å². The van der Waals surface area contributed by atoms with Gasteiger partial charge in [0.1, 0.15) is 11.4 Å². The molecule has 27 heavy (non-hydrogen) atoms. The van der Waals surface area contributed by atoms with Gasteiger partial charge in [-0.2, -0.15) is 5.11 Å². The number of hydrogen-bond donors (Lipinski definition) is 1. The Labute approximate surface area is 155 Å². The highest BCUT2D eigenvalue weighted by Gasteiger charge is 2.26. The first-order chi connectivity index (χ1) is 13.2. The summed E-state index contributed by atoms with van der Waals surface area (Å²) in [7, 11) is 0. The Morgan fingerprint density at radius 1 is 0.667 bits per heavy atom. The fraction of sp³-hybridized carbons (Fsp3) is 0. The lowest BCUT2D eigenvalue weighted by molar-refractivity contribution is 0.104. The van der Waals surface area contributed by atoms with E-state index in [9.17, 15) is 9.90 Å². The molecule has 0 aromatic heterocycles. The third kappa shape index (κ3) is 2.42. The van der Waals surface area contributed by atoms with Crippen molar-refractivity contribution >= 4 is 27.9 Å². The summed E-state index contributed by atoms with van der Waals surface area (Å²) in [4.78, 5) is 12.6. The number of phenolic OH excluding ortho intramolecular Hbond substituents is 1. The second-order valence-corrected chi connectivity index (χ2v) is 6.46. The van der Waals surface area contributed by atoms with E-state index in [-0.39, 0.29) is 11.5 Å². The highest BCUT2D eigenvalue weighted by Crippen LogP contribution is 2.39. The summed E-state index contributed by atoms with van der Waals surface area (Å²) >= 11 is 0. The van der Waals surface area contributed by atoms with E-state index < -0.39 is 0 Å². The van der Waals surface area contributed by atoms with Crippen LogP contribution in [0.1, 0.15) is 15.9 Å². The summed E-state index contributed by atoms with van der Waals surface area (Å²) in [6, 6.07) is 24.2. The molecular weight excluding hydrogens is 336 g/mol. The second kappa shape index (κ2) is 5.88. The average Bonchev–Trinajstić information content (AvgIpc) is 2.99. The summed E-state index contributed by atoms with van der Waals surface area (Å²) in [5.41, 5.74) is 4.21. The van der Waals surface area contributed by atoms with Gasteiger partial charge in [-0.25, -0.2) is 0 Å². The summed E-state index contributed by atoms with van der Waals surface area (Å²) in [5.74, 6) is 0.0766. The summed E-state index contributed by atoms with van der Waals surface area (Å²) in [6.45, 7) is 0. The number of carbonyl (C=O) groups is 1. The smallest absolute Gasteiger partial charge is 0.194 e. The van der Waals surface area contributed by atoms with Crippen molar-refractivity contribution in [2.24, 2.45) is 10.2 Å². The fourth-order valence-corrected chi connectivity index (χ4v) is 3.53. The Balaban J connectivity index is 1.57. The molecule has 0 amide bonds. The van der Waals surface area contributed by atoms with Gasteiger partial charge in [-0.15, -0.1) is 5.11 Å². The molecule has 1 N–H and O–H groups in total. The van der Waals surface area contributed by atoms with E-state index in [0.717, 1.165) is 21.9 Å². The molecule has 0 heterocycles. The van der Waals surface area contributed by atoms with Crippen LogP contribution in [0.25, 0.3) is 21.9 Å². The molecule has 0 saturated carbocycles. The molecule has 0 saturated heterocycles. The number of fused-ring (bicyclic) bond motifs is 4. The normalized spacial score (nSPS) is 12.5. The zero-order chi connectivity index (χ0) is 18.4. The Hall–Kier alpha value is -3.79. The van der Waals surface area contributed by atoms with Crippen molar-refractivity contribution in [3.05, 3.63) is 90.0 Å². The lowest BCUT2D eigenvalue weighted by atomic mass is 10.1. The van der Waals surface area contributed by atoms with Crippen LogP contribution in [-0.2, 0) is 0 Å². The van der Waals surface area contributed by atoms with Gasteiger partial charge in [0.05, 0.1) is 5.69 Å². The zero-order valence-corrected chi connectivity index (χ0v) is 14.3. The number of nitrogens with zero attached hydrogens (tertiary/aromatic N) is 2. The Kier molecular flexibility index (Phi) is 3.37. The van der Waals surface area contributed by atoms with Gasteiger partial charge in [0.25, 0.3) is 0 Å². The van der Waals surface area contributed by atoms with E-state index in [0.29, 0.717) is 22.5 Å². The van der Waals surface area contributed by atoms with E-state index in [2.05, 4.69) is 10.2 Å². The van der Waals surface area contributed by atoms with Crippen molar-refractivity contribution in [2.45, 2.75) is 0 Å². The molecule has 0 fully saturated rings. The molecule has 128 valence electrons. The largest absolute Gasteiger partial charge is 0.506 e. The molecule has 0 radical (unpaired) electrons. The van der Waals surface area contributed by atoms with Gasteiger partial charge in [-0.1, -0.05) is 60.7 Å². The first-order valence-electron chi connectivity index (χ1n) is 8.63. The van der Waals surface area contributed by atoms with Crippen molar-refractivity contribution < 1.29 is 9.90 Å². The highest BCUT2D eigenvalue weighted by atomic mass is 16.3. The fourth-order valence-electron chi connectivity index (χ4n) is 3.53. The Bertz CT molecular complexity index is 1260. The van der Waals surface area contributed by atoms with E-state index >= 15 is 0 Å². The van der Waals surface area contributed by atoms with E-state index in [1.165, 1.54) is 0 Å². The van der Waals surface area contributed by atoms with Crippen LogP contribution in [0.4, 0.5) is 11.4 Å². The molecule has 1 aliphatic carbocycles. The number of phenols is 1. The molecule has 4 aromatic rings. The van der Waals surface area contributed by atoms with Crippen LogP contribution in [0.15, 0.2) is 89.1 Å². The zero-order valence-electron chi connectivity index (χ0n) is 14.3. The lowest BCUT2D eigenvalue weighted by Crippen LogP contribution is -1.94. The molecule has 0 bridgehead atoms. The predicted molar refractivity (Wildman–Crippen MR) is 105 cm³/mol. The highest BCUT2D eigenvalue weighted by molar-refractivity contribution is 6.22. The summed E-state index contributed by atoms with van der Waals surface area (Å²) < 4.78 is 0. The van der Waals surface area contributed by atoms with Gasteiger partial charge in [0, 0.05) is 16.5 Å². The third-order valence-corrected chi connectivity index (χ3v) is 4.85. The van der Waals surface area contributed by atoms with Crippen LogP contribution < -0.4 is 0 Å². The molecule has 4 nitrogen and oxygen atoms in total. The standard InChI is InChI=1S/C23H14N2O2/c26-21-12-9-14-5-1-2-6-16(14)22(21)25-24-15-10-11-18-17-7-3-4-8-19(17)23(27)20(18)13-15/h1-13,26H. The van der Waals surface area contributed by atoms with Gasteiger partial charge in [-0.05, 0) is 34.7 Å². The molecule has 4 aromatic carbocycles. The predicted octanol–water partition coefficient (Wildman–Crippen LogP) is 6.17. The number of ketones is 1. The molecule has 4 heteroatoms. The number of azo groups is 1. The molecule has 0 unspecified atom stereocenters. The average molecular weight is 350 g/mol. The Morgan fingerprint density at radius 2 is 1.41 bits per heavy atom. The minimum absolute atomic E-state index is 0.00524. The number of carbonyl (C=O) groups excluding carboxylic acids is 1. The second-order valence-electron chi connectivity index (χ2n) is 6.46. The molecular formula is C23H14N2O2.